The van der Waals surface area contributed by atoms with E-state index in [-0.39, 0.29) is 73.1 Å². The zero-order valence-electron chi connectivity index (χ0n) is 51.6. The largest absolute Gasteiger partial charge is 0.384 e. The molecule has 2 heterocycles. The molecule has 6 N–H and O–H groups in total. The van der Waals surface area contributed by atoms with E-state index < -0.39 is 18.1 Å². The van der Waals surface area contributed by atoms with Gasteiger partial charge in [-0.25, -0.2) is 0 Å². The van der Waals surface area contributed by atoms with Gasteiger partial charge in [-0.15, -0.1) is 0 Å². The molecule has 1 saturated carbocycles. The van der Waals surface area contributed by atoms with Crippen LogP contribution < -0.4 is 31.9 Å². The summed E-state index contributed by atoms with van der Waals surface area (Å²) in [4.78, 5) is 84.7. The maximum absolute atomic E-state index is 13.8. The van der Waals surface area contributed by atoms with Crippen molar-refractivity contribution in [1.29, 1.82) is 0 Å². The highest BCUT2D eigenvalue weighted by Crippen LogP contribution is 2.35. The Labute approximate surface area is 481 Å². The SMILES string of the molecule is C=C(C(NC(=O)CNC)C(C)(C)C)N1CCN(C(=O)C2CCC(C(=O)N3CCN(C=O)C(C(=O)NC4CCCc5ccccc54)C3)CC2)CC1C=O.CC.CNC1CCCc2ccccc21.CNCC(NC(C)C(C)(C)C)=C(C)C. The van der Waals surface area contributed by atoms with Crippen molar-refractivity contribution in [1.82, 2.24) is 51.5 Å². The number of amides is 5. The fraction of sp³-hybridized carbons (Fsp3) is 0.656. The van der Waals surface area contributed by atoms with Gasteiger partial charge in [-0.3, -0.25) is 24.0 Å². The number of piperazine rings is 2. The quantitative estimate of drug-likeness (QED) is 0.0917. The molecule has 0 spiro atoms. The predicted molar refractivity (Wildman–Crippen MR) is 323 cm³/mol. The molecular formula is C64H104N10O6. The highest BCUT2D eigenvalue weighted by molar-refractivity contribution is 5.87. The molecule has 2 aromatic carbocycles. The lowest BCUT2D eigenvalue weighted by Crippen LogP contribution is -2.60. The second-order valence-electron chi connectivity index (χ2n) is 24.6. The van der Waals surface area contributed by atoms with Crippen LogP contribution in [-0.2, 0) is 41.6 Å². The number of hydrogen-bond donors (Lipinski definition) is 6. The molecule has 0 radical (unpaired) electrons. The van der Waals surface area contributed by atoms with E-state index in [1.54, 1.807) is 16.8 Å². The van der Waals surface area contributed by atoms with Gasteiger partial charge >= 0.3 is 0 Å². The van der Waals surface area contributed by atoms with Crippen molar-refractivity contribution in [3.05, 3.63) is 94.3 Å². The van der Waals surface area contributed by atoms with Crippen LogP contribution in [0.5, 0.6) is 0 Å². The highest BCUT2D eigenvalue weighted by Gasteiger charge is 2.42. The number of hydrogen-bond acceptors (Lipinski definition) is 11. The summed E-state index contributed by atoms with van der Waals surface area (Å²) in [6, 6.07) is 16.1. The Morgan fingerprint density at radius 3 is 1.68 bits per heavy atom. The molecule has 0 bridgehead atoms. The normalized spacial score (nSPS) is 22.5. The molecule has 16 heteroatoms. The van der Waals surface area contributed by atoms with E-state index >= 15 is 0 Å². The van der Waals surface area contributed by atoms with E-state index in [1.807, 2.05) is 71.8 Å². The van der Waals surface area contributed by atoms with Crippen LogP contribution in [0, 0.1) is 22.7 Å². The first-order chi connectivity index (χ1) is 38.1. The van der Waals surface area contributed by atoms with Crippen molar-refractivity contribution in [2.75, 3.05) is 73.5 Å². The van der Waals surface area contributed by atoms with Crippen LogP contribution in [0.1, 0.15) is 162 Å². The first kappa shape index (κ1) is 66.9. The number of benzene rings is 2. The summed E-state index contributed by atoms with van der Waals surface area (Å²) in [5.74, 6) is -0.928. The average molecular weight is 1110 g/mol. The molecule has 446 valence electrons. The molecule has 6 unspecified atom stereocenters. The fourth-order valence-corrected chi connectivity index (χ4v) is 11.5. The number of rotatable bonds is 16. The molecule has 6 atom stereocenters. The summed E-state index contributed by atoms with van der Waals surface area (Å²) in [7, 11) is 5.73. The van der Waals surface area contributed by atoms with Crippen molar-refractivity contribution < 1.29 is 28.8 Å². The second-order valence-corrected chi connectivity index (χ2v) is 24.6. The Kier molecular flexibility index (Phi) is 26.9. The van der Waals surface area contributed by atoms with Crippen molar-refractivity contribution in [2.24, 2.45) is 22.7 Å². The molecule has 3 fully saturated rings. The minimum absolute atomic E-state index is 0.00155. The van der Waals surface area contributed by atoms with Gasteiger partial charge in [-0.2, -0.15) is 0 Å². The number of likely N-dealkylation sites (N-methyl/N-ethyl adjacent to an activating group) is 2. The molecule has 5 amide bonds. The summed E-state index contributed by atoms with van der Waals surface area (Å²) in [6.07, 6.45) is 10.5. The summed E-state index contributed by atoms with van der Waals surface area (Å²) < 4.78 is 0. The predicted octanol–water partition coefficient (Wildman–Crippen LogP) is 7.47. The smallest absolute Gasteiger partial charge is 0.245 e. The van der Waals surface area contributed by atoms with Crippen LogP contribution in [0.2, 0.25) is 0 Å². The lowest BCUT2D eigenvalue weighted by Gasteiger charge is -2.46. The molecule has 2 aliphatic heterocycles. The zero-order valence-corrected chi connectivity index (χ0v) is 51.6. The highest BCUT2D eigenvalue weighted by atomic mass is 16.2. The maximum atomic E-state index is 13.8. The second kappa shape index (κ2) is 32.2. The molecule has 16 nitrogen and oxygen atoms in total. The zero-order chi connectivity index (χ0) is 59.3. The first-order valence-electron chi connectivity index (χ1n) is 29.9. The van der Waals surface area contributed by atoms with Crippen molar-refractivity contribution >= 4 is 36.3 Å². The Bertz CT molecular complexity index is 2360. The monoisotopic (exact) mass is 1110 g/mol. The fourth-order valence-electron chi connectivity index (χ4n) is 11.5. The number of aldehydes is 1. The summed E-state index contributed by atoms with van der Waals surface area (Å²) in [5, 5.41) is 19.2. The van der Waals surface area contributed by atoms with Crippen molar-refractivity contribution in [3.63, 3.8) is 0 Å². The molecule has 2 aromatic rings. The van der Waals surface area contributed by atoms with Crippen LogP contribution in [0.4, 0.5) is 0 Å². The number of allylic oxidation sites excluding steroid dienone is 1. The van der Waals surface area contributed by atoms with Gasteiger partial charge in [0, 0.05) is 74.6 Å². The molecule has 5 aliphatic rings. The number of carbonyl (C=O) groups excluding carboxylic acids is 6. The van der Waals surface area contributed by atoms with Gasteiger partial charge in [0.2, 0.25) is 30.0 Å². The van der Waals surface area contributed by atoms with Crippen molar-refractivity contribution in [2.45, 2.75) is 177 Å². The summed E-state index contributed by atoms with van der Waals surface area (Å²) >= 11 is 0. The molecule has 7 rings (SSSR count). The minimum Gasteiger partial charge on any atom is -0.384 e. The Balaban J connectivity index is 0.000000399. The van der Waals surface area contributed by atoms with E-state index in [9.17, 15) is 28.8 Å². The van der Waals surface area contributed by atoms with E-state index in [2.05, 4.69) is 110 Å². The van der Waals surface area contributed by atoms with Crippen molar-refractivity contribution in [3.8, 4) is 0 Å². The van der Waals surface area contributed by atoms with Gasteiger partial charge in [0.15, 0.2) is 0 Å². The molecule has 2 saturated heterocycles. The van der Waals surface area contributed by atoms with Crippen LogP contribution >= 0.6 is 0 Å². The van der Waals surface area contributed by atoms with Gasteiger partial charge in [-0.1, -0.05) is 116 Å². The molecule has 80 heavy (non-hydrogen) atoms. The van der Waals surface area contributed by atoms with Gasteiger partial charge in [-0.05, 0) is 139 Å². The molecule has 0 aromatic heterocycles. The lowest BCUT2D eigenvalue weighted by atomic mass is 9.80. The van der Waals surface area contributed by atoms with E-state index in [0.29, 0.717) is 74.9 Å². The Morgan fingerprint density at radius 2 is 1.19 bits per heavy atom. The van der Waals surface area contributed by atoms with E-state index in [1.165, 1.54) is 52.1 Å². The van der Waals surface area contributed by atoms with E-state index in [0.717, 1.165) is 37.7 Å². The first-order valence-corrected chi connectivity index (χ1v) is 29.9. The standard InChI is InChI=1S/C39H57N7O6.C12H26N2.C11H15N.C2H6/c1-26(35(39(2,3)4)42-34(49)21-40-5)46-20-19-43(22-30(46)24-47)37(51)28-13-15-29(16-14-28)38(52)44-17-18-45(25-48)33(23-44)36(50)41-32-12-8-10-27-9-6-7-11-31(27)32;1-9(2)11(8-13-7)14-10(3)12(4,5)6;1-12-11-8-4-6-9-5-2-3-7-10(9)11;1-2/h6-7,9,11,24-25,28-30,32-33,35,40H,1,8,10,12-23H2,2-5H3,(H,41,50)(H,42,49);10,13-14H,8H2,1-7H3;2-3,5,7,11-12H,4,6,8H2,1H3;1-2H3. The number of nitrogens with one attached hydrogen (secondary N) is 6. The average Bonchev–Trinajstić information content (AvgIpc) is 3.51. The van der Waals surface area contributed by atoms with E-state index in [4.69, 9.17) is 0 Å². The third kappa shape index (κ3) is 18.7. The molecule has 3 aliphatic carbocycles. The summed E-state index contributed by atoms with van der Waals surface area (Å²) in [5.41, 5.74) is 8.65. The third-order valence-corrected chi connectivity index (χ3v) is 16.7. The van der Waals surface area contributed by atoms with Gasteiger partial charge < -0.3 is 56.3 Å². The maximum Gasteiger partial charge on any atom is 0.245 e. The minimum atomic E-state index is -0.758. The number of nitrogens with zero attached hydrogens (tertiary/aromatic N) is 4. The van der Waals surface area contributed by atoms with Crippen LogP contribution in [0.3, 0.4) is 0 Å². The third-order valence-electron chi connectivity index (χ3n) is 16.7. The number of fused-ring (bicyclic) bond motifs is 2. The van der Waals surface area contributed by atoms with Crippen LogP contribution in [0.25, 0.3) is 0 Å². The topological polar surface area (TPSA) is 188 Å². The Hall–Kier alpha value is -5.58. The number of carbonyl (C=O) groups is 6. The molecular weight excluding hydrogens is 1000 g/mol. The van der Waals surface area contributed by atoms with Gasteiger partial charge in [0.25, 0.3) is 0 Å². The lowest BCUT2D eigenvalue weighted by molar-refractivity contribution is -0.148. The van der Waals surface area contributed by atoms with Gasteiger partial charge in [0.05, 0.1) is 25.2 Å². The van der Waals surface area contributed by atoms with Crippen LogP contribution in [0.15, 0.2) is 72.1 Å². The summed E-state index contributed by atoms with van der Waals surface area (Å²) in [6.45, 7) is 30.6. The Morgan fingerprint density at radius 1 is 0.675 bits per heavy atom. The van der Waals surface area contributed by atoms with Crippen LogP contribution in [-0.4, -0.2) is 154 Å². The van der Waals surface area contributed by atoms with Gasteiger partial charge in [0.1, 0.15) is 18.4 Å². The number of aryl methyl sites for hydroxylation is 2.